The molecule has 5 nitrogen and oxygen atoms in total. The summed E-state index contributed by atoms with van der Waals surface area (Å²) in [6.45, 7) is 2.41. The molecule has 0 heterocycles. The lowest BCUT2D eigenvalue weighted by atomic mass is 10.3. The minimum Gasteiger partial charge on any atom is -0.495 e. The van der Waals surface area contributed by atoms with E-state index in [1.807, 2.05) is 37.3 Å². The minimum absolute atomic E-state index is 0.00127. The van der Waals surface area contributed by atoms with Crippen molar-refractivity contribution in [1.82, 2.24) is 5.32 Å². The Morgan fingerprint density at radius 2 is 1.76 bits per heavy atom. The van der Waals surface area contributed by atoms with E-state index in [-0.39, 0.29) is 6.04 Å². The Balaban J connectivity index is 1.84. The van der Waals surface area contributed by atoms with Gasteiger partial charge in [-0.25, -0.2) is 0 Å². The van der Waals surface area contributed by atoms with Crippen LogP contribution < -0.4 is 24.8 Å². The van der Waals surface area contributed by atoms with Crippen LogP contribution in [0.3, 0.4) is 0 Å². The maximum absolute atomic E-state index is 6.10. The van der Waals surface area contributed by atoms with Crippen LogP contribution in [0.5, 0.6) is 17.2 Å². The van der Waals surface area contributed by atoms with Crippen LogP contribution in [0.25, 0.3) is 0 Å². The molecule has 0 aliphatic heterocycles. The Morgan fingerprint density at radius 1 is 1.08 bits per heavy atom. The fourth-order valence-corrected chi connectivity index (χ4v) is 2.71. The van der Waals surface area contributed by atoms with E-state index >= 15 is 0 Å². The average molecular weight is 381 g/mol. The van der Waals surface area contributed by atoms with Crippen molar-refractivity contribution in [2.45, 2.75) is 13.0 Å². The third-order valence-electron chi connectivity index (χ3n) is 3.35. The number of ether oxygens (including phenoxy) is 3. The van der Waals surface area contributed by atoms with Crippen molar-refractivity contribution in [3.63, 3.8) is 0 Å². The molecule has 0 aliphatic carbocycles. The van der Waals surface area contributed by atoms with Crippen molar-refractivity contribution < 1.29 is 14.2 Å². The predicted octanol–water partition coefficient (Wildman–Crippen LogP) is 4.11. The van der Waals surface area contributed by atoms with Crippen molar-refractivity contribution in [1.29, 1.82) is 0 Å². The van der Waals surface area contributed by atoms with Gasteiger partial charge in [-0.2, -0.15) is 0 Å². The quantitative estimate of drug-likeness (QED) is 0.705. The Bertz CT molecular complexity index is 727. The van der Waals surface area contributed by atoms with E-state index in [1.165, 1.54) is 0 Å². The monoisotopic (exact) mass is 380 g/mol. The summed E-state index contributed by atoms with van der Waals surface area (Å²) in [7, 11) is 3.19. The first-order chi connectivity index (χ1) is 12.0. The van der Waals surface area contributed by atoms with Gasteiger partial charge in [0.15, 0.2) is 16.6 Å². The Morgan fingerprint density at radius 3 is 2.40 bits per heavy atom. The minimum atomic E-state index is -0.00127. The molecule has 0 bridgehead atoms. The van der Waals surface area contributed by atoms with Gasteiger partial charge in [-0.15, -0.1) is 0 Å². The van der Waals surface area contributed by atoms with Gasteiger partial charge in [-0.05, 0) is 49.5 Å². The Labute approximate surface area is 158 Å². The molecule has 2 aromatic rings. The molecule has 1 atom stereocenters. The highest BCUT2D eigenvalue weighted by Gasteiger charge is 2.09. The van der Waals surface area contributed by atoms with E-state index in [1.54, 1.807) is 26.4 Å². The van der Waals surface area contributed by atoms with E-state index in [4.69, 9.17) is 38.0 Å². The fraction of sp³-hybridized carbons (Fsp3) is 0.278. The molecule has 2 rings (SSSR count). The number of rotatable bonds is 7. The highest BCUT2D eigenvalue weighted by molar-refractivity contribution is 7.80. The second-order valence-electron chi connectivity index (χ2n) is 5.31. The van der Waals surface area contributed by atoms with Crippen LogP contribution >= 0.6 is 23.8 Å². The van der Waals surface area contributed by atoms with Gasteiger partial charge in [-0.3, -0.25) is 0 Å². The molecule has 25 heavy (non-hydrogen) atoms. The molecule has 2 N–H and O–H groups in total. The number of para-hydroxylation sites is 2. The van der Waals surface area contributed by atoms with E-state index in [0.717, 1.165) is 5.69 Å². The zero-order valence-corrected chi connectivity index (χ0v) is 15.9. The SMILES string of the molecule is COc1ccc(NC(=S)N[C@@H](C)COc2ccccc2OC)cc1Cl. The summed E-state index contributed by atoms with van der Waals surface area (Å²) in [5, 5.41) is 7.25. The highest BCUT2D eigenvalue weighted by Crippen LogP contribution is 2.27. The van der Waals surface area contributed by atoms with E-state index in [0.29, 0.717) is 34.0 Å². The lowest BCUT2D eigenvalue weighted by molar-refractivity contribution is 0.270. The van der Waals surface area contributed by atoms with Crippen molar-refractivity contribution in [3.8, 4) is 17.2 Å². The molecule has 0 aromatic heterocycles. The number of thiocarbonyl (C=S) groups is 1. The van der Waals surface area contributed by atoms with Gasteiger partial charge in [0.2, 0.25) is 0 Å². The van der Waals surface area contributed by atoms with Crippen molar-refractivity contribution in [2.75, 3.05) is 26.1 Å². The van der Waals surface area contributed by atoms with E-state index < -0.39 is 0 Å². The van der Waals surface area contributed by atoms with Crippen LogP contribution in [-0.4, -0.2) is 32.0 Å². The number of hydrogen-bond acceptors (Lipinski definition) is 4. The first kappa shape index (κ1) is 19.1. The van der Waals surface area contributed by atoms with Gasteiger partial charge in [0.1, 0.15) is 12.4 Å². The molecule has 0 fully saturated rings. The number of hydrogen-bond donors (Lipinski definition) is 2. The molecule has 0 radical (unpaired) electrons. The van der Waals surface area contributed by atoms with Crippen LogP contribution in [-0.2, 0) is 0 Å². The third-order valence-corrected chi connectivity index (χ3v) is 3.86. The summed E-state index contributed by atoms with van der Waals surface area (Å²) in [6.07, 6.45) is 0. The average Bonchev–Trinajstić information content (AvgIpc) is 2.60. The summed E-state index contributed by atoms with van der Waals surface area (Å²) in [6, 6.07) is 12.9. The molecule has 0 amide bonds. The Hall–Kier alpha value is -2.18. The molecule has 0 spiro atoms. The number of halogens is 1. The fourth-order valence-electron chi connectivity index (χ4n) is 2.13. The van der Waals surface area contributed by atoms with E-state index in [9.17, 15) is 0 Å². The summed E-state index contributed by atoms with van der Waals surface area (Å²) < 4.78 is 16.2. The van der Waals surface area contributed by atoms with Crippen LogP contribution in [0.1, 0.15) is 6.92 Å². The lowest BCUT2D eigenvalue weighted by Crippen LogP contribution is -2.39. The van der Waals surface area contributed by atoms with Gasteiger partial charge in [0, 0.05) is 5.69 Å². The molecule has 0 unspecified atom stereocenters. The van der Waals surface area contributed by atoms with Crippen molar-refractivity contribution in [3.05, 3.63) is 47.5 Å². The lowest BCUT2D eigenvalue weighted by Gasteiger charge is -2.18. The topological polar surface area (TPSA) is 51.8 Å². The van der Waals surface area contributed by atoms with Gasteiger partial charge in [-0.1, -0.05) is 23.7 Å². The van der Waals surface area contributed by atoms with Crippen molar-refractivity contribution >= 4 is 34.6 Å². The maximum atomic E-state index is 6.10. The highest BCUT2D eigenvalue weighted by atomic mass is 35.5. The summed E-state index contributed by atoms with van der Waals surface area (Å²) in [5.74, 6) is 2.01. The normalized spacial score (nSPS) is 11.4. The van der Waals surface area contributed by atoms with Gasteiger partial charge >= 0.3 is 0 Å². The second-order valence-corrected chi connectivity index (χ2v) is 6.13. The standard InChI is InChI=1S/C18H21ClN2O3S/c1-12(11-24-17-7-5-4-6-16(17)23-3)20-18(25)21-13-8-9-15(22-2)14(19)10-13/h4-10,12H,11H2,1-3H3,(H2,20,21,25)/t12-/m0/s1. The smallest absolute Gasteiger partial charge is 0.171 e. The third kappa shape index (κ3) is 5.69. The van der Waals surface area contributed by atoms with Crippen LogP contribution in [0.2, 0.25) is 5.02 Å². The van der Waals surface area contributed by atoms with Gasteiger partial charge in [0.05, 0.1) is 25.3 Å². The first-order valence-electron chi connectivity index (χ1n) is 7.70. The molecule has 0 saturated carbocycles. The predicted molar refractivity (Wildman–Crippen MR) is 105 cm³/mol. The number of anilines is 1. The summed E-state index contributed by atoms with van der Waals surface area (Å²) in [4.78, 5) is 0. The van der Waals surface area contributed by atoms with E-state index in [2.05, 4.69) is 10.6 Å². The van der Waals surface area contributed by atoms with Crippen LogP contribution in [0.4, 0.5) is 5.69 Å². The maximum Gasteiger partial charge on any atom is 0.171 e. The molecule has 134 valence electrons. The zero-order valence-electron chi connectivity index (χ0n) is 14.3. The summed E-state index contributed by atoms with van der Waals surface area (Å²) >= 11 is 11.4. The summed E-state index contributed by atoms with van der Waals surface area (Å²) in [5.41, 5.74) is 0.779. The number of benzene rings is 2. The zero-order chi connectivity index (χ0) is 18.2. The van der Waals surface area contributed by atoms with Gasteiger partial charge in [0.25, 0.3) is 0 Å². The second kappa shape index (κ2) is 9.34. The molecule has 0 aliphatic rings. The molecular weight excluding hydrogens is 360 g/mol. The largest absolute Gasteiger partial charge is 0.495 e. The van der Waals surface area contributed by atoms with Crippen LogP contribution in [0.15, 0.2) is 42.5 Å². The number of nitrogens with one attached hydrogen (secondary N) is 2. The van der Waals surface area contributed by atoms with Gasteiger partial charge < -0.3 is 24.8 Å². The first-order valence-corrected chi connectivity index (χ1v) is 8.49. The Kier molecular flexibility index (Phi) is 7.16. The molecule has 7 heteroatoms. The van der Waals surface area contributed by atoms with Crippen LogP contribution in [0, 0.1) is 0 Å². The number of methoxy groups -OCH3 is 2. The molecule has 0 saturated heterocycles. The molecule has 2 aromatic carbocycles. The molecular formula is C18H21ClN2O3S. The van der Waals surface area contributed by atoms with Crippen molar-refractivity contribution in [2.24, 2.45) is 0 Å².